The predicted molar refractivity (Wildman–Crippen MR) is 110 cm³/mol. The molecule has 1 aromatic carbocycles. The molecule has 4 N–H and O–H groups in total. The van der Waals surface area contributed by atoms with Crippen LogP contribution in [0.1, 0.15) is 16.9 Å². The van der Waals surface area contributed by atoms with E-state index in [1.165, 1.54) is 17.5 Å². The fourth-order valence-corrected chi connectivity index (χ4v) is 3.61. The van der Waals surface area contributed by atoms with Gasteiger partial charge in [0.15, 0.2) is 5.13 Å². The number of carbonyl (C=O) groups excluding carboxylic acids is 2. The van der Waals surface area contributed by atoms with E-state index >= 15 is 0 Å². The number of anilines is 1. The van der Waals surface area contributed by atoms with Crippen LogP contribution in [0.5, 0.6) is 0 Å². The number of nitrogens with two attached hydrogens (primary N) is 1. The number of carbonyl (C=O) groups is 2. The minimum Gasteiger partial charge on any atom is -0.364 e. The summed E-state index contributed by atoms with van der Waals surface area (Å²) in [5, 5.41) is 9.66. The van der Waals surface area contributed by atoms with Gasteiger partial charge in [0, 0.05) is 28.9 Å². The van der Waals surface area contributed by atoms with Gasteiger partial charge in [0.1, 0.15) is 5.69 Å². The first-order chi connectivity index (χ1) is 14.0. The van der Waals surface area contributed by atoms with E-state index in [0.717, 1.165) is 0 Å². The second kappa shape index (κ2) is 7.68. The Morgan fingerprint density at radius 3 is 2.90 bits per heavy atom. The number of primary amides is 1. The van der Waals surface area contributed by atoms with Crippen molar-refractivity contribution in [2.24, 2.45) is 5.73 Å². The molecule has 0 bridgehead atoms. The Labute approximate surface area is 168 Å². The summed E-state index contributed by atoms with van der Waals surface area (Å²) >= 11 is 1.28. The SMILES string of the molecule is NC(=O)c1cc(-c2csc(NC(=O)CCn3ncc(=O)c4ccccc43)n2)c[nH]1. The van der Waals surface area contributed by atoms with E-state index in [1.54, 1.807) is 40.5 Å². The standard InChI is InChI=1S/C19H16N6O3S/c20-18(28)13-7-11(8-21-13)14-10-29-19(23-14)24-17(27)5-6-25-15-4-2-1-3-12(15)16(26)9-22-25/h1-4,7-10,21H,5-6H2,(H2,20,28)(H,23,24,27). The number of fused-ring (bicyclic) bond motifs is 1. The summed E-state index contributed by atoms with van der Waals surface area (Å²) in [5.74, 6) is -0.772. The Hall–Kier alpha value is -3.79. The number of amides is 2. The summed E-state index contributed by atoms with van der Waals surface area (Å²) in [4.78, 5) is 42.5. The predicted octanol–water partition coefficient (Wildman–Crippen LogP) is 1.98. The van der Waals surface area contributed by atoms with Gasteiger partial charge in [0.25, 0.3) is 5.91 Å². The molecule has 2 amide bonds. The van der Waals surface area contributed by atoms with Crippen molar-refractivity contribution in [3.63, 3.8) is 0 Å². The van der Waals surface area contributed by atoms with Crippen LogP contribution in [0.25, 0.3) is 22.2 Å². The van der Waals surface area contributed by atoms with Gasteiger partial charge in [-0.1, -0.05) is 12.1 Å². The van der Waals surface area contributed by atoms with E-state index in [4.69, 9.17) is 5.73 Å². The number of aromatic amines is 1. The molecule has 3 aromatic heterocycles. The van der Waals surface area contributed by atoms with Crippen LogP contribution in [0.15, 0.2) is 52.9 Å². The maximum Gasteiger partial charge on any atom is 0.265 e. The van der Waals surface area contributed by atoms with Crippen LogP contribution in [0, 0.1) is 0 Å². The average Bonchev–Trinajstić information content (AvgIpc) is 3.37. The molecule has 0 aliphatic rings. The highest BCUT2D eigenvalue weighted by molar-refractivity contribution is 7.14. The van der Waals surface area contributed by atoms with Crippen LogP contribution in [0.4, 0.5) is 5.13 Å². The van der Waals surface area contributed by atoms with Crippen molar-refractivity contribution in [3.8, 4) is 11.3 Å². The van der Waals surface area contributed by atoms with Crippen LogP contribution in [0.3, 0.4) is 0 Å². The third-order valence-corrected chi connectivity index (χ3v) is 5.07. The van der Waals surface area contributed by atoms with Gasteiger partial charge in [-0.25, -0.2) is 4.98 Å². The fourth-order valence-electron chi connectivity index (χ4n) is 2.88. The lowest BCUT2D eigenvalue weighted by molar-refractivity contribution is -0.116. The number of aryl methyl sites for hydroxylation is 1. The van der Waals surface area contributed by atoms with E-state index in [2.05, 4.69) is 20.4 Å². The number of nitrogens with zero attached hydrogens (tertiary/aromatic N) is 3. The van der Waals surface area contributed by atoms with E-state index in [1.807, 2.05) is 6.07 Å². The third-order valence-electron chi connectivity index (χ3n) is 4.31. The summed E-state index contributed by atoms with van der Waals surface area (Å²) in [6.45, 7) is 0.324. The molecule has 0 aliphatic heterocycles. The van der Waals surface area contributed by atoms with E-state index in [9.17, 15) is 14.4 Å². The lowest BCUT2D eigenvalue weighted by atomic mass is 10.2. The number of hydrogen-bond donors (Lipinski definition) is 3. The monoisotopic (exact) mass is 408 g/mol. The molecule has 10 heteroatoms. The van der Waals surface area contributed by atoms with Gasteiger partial charge < -0.3 is 16.0 Å². The molecule has 0 saturated heterocycles. The highest BCUT2D eigenvalue weighted by atomic mass is 32.1. The smallest absolute Gasteiger partial charge is 0.265 e. The maximum absolute atomic E-state index is 12.3. The van der Waals surface area contributed by atoms with Gasteiger partial charge in [-0.2, -0.15) is 5.10 Å². The quantitative estimate of drug-likeness (QED) is 0.448. The molecule has 29 heavy (non-hydrogen) atoms. The number of nitrogens with one attached hydrogen (secondary N) is 2. The van der Waals surface area contributed by atoms with Gasteiger partial charge >= 0.3 is 0 Å². The van der Waals surface area contributed by atoms with Crippen LogP contribution in [-0.2, 0) is 11.3 Å². The Morgan fingerprint density at radius 1 is 1.28 bits per heavy atom. The first-order valence-electron chi connectivity index (χ1n) is 8.70. The summed E-state index contributed by atoms with van der Waals surface area (Å²) in [6, 6.07) is 8.75. The Morgan fingerprint density at radius 2 is 2.10 bits per heavy atom. The van der Waals surface area contributed by atoms with E-state index in [0.29, 0.717) is 39.5 Å². The number of aromatic nitrogens is 4. The zero-order chi connectivity index (χ0) is 20.4. The van der Waals surface area contributed by atoms with Crippen LogP contribution >= 0.6 is 11.3 Å². The van der Waals surface area contributed by atoms with Gasteiger partial charge in [0.2, 0.25) is 11.3 Å². The van der Waals surface area contributed by atoms with Crippen LogP contribution in [-0.4, -0.2) is 31.6 Å². The molecule has 0 radical (unpaired) electrons. The van der Waals surface area contributed by atoms with Crippen LogP contribution < -0.4 is 16.5 Å². The highest BCUT2D eigenvalue weighted by Gasteiger charge is 2.12. The van der Waals surface area contributed by atoms with Crippen molar-refractivity contribution < 1.29 is 9.59 Å². The molecule has 0 fully saturated rings. The zero-order valence-corrected chi connectivity index (χ0v) is 15.9. The van der Waals surface area contributed by atoms with Gasteiger partial charge in [-0.15, -0.1) is 11.3 Å². The molecule has 0 saturated carbocycles. The fraction of sp³-hybridized carbons (Fsp3) is 0.105. The molecular formula is C19H16N6O3S. The van der Waals surface area contributed by atoms with E-state index in [-0.39, 0.29) is 17.8 Å². The number of rotatable bonds is 6. The highest BCUT2D eigenvalue weighted by Crippen LogP contribution is 2.25. The van der Waals surface area contributed by atoms with Gasteiger partial charge in [-0.3, -0.25) is 19.1 Å². The topological polar surface area (TPSA) is 136 Å². The molecule has 0 spiro atoms. The molecular weight excluding hydrogens is 392 g/mol. The minimum absolute atomic E-state index is 0.152. The van der Waals surface area contributed by atoms with E-state index < -0.39 is 5.91 Å². The number of thiazole rings is 1. The Balaban J connectivity index is 1.42. The summed E-state index contributed by atoms with van der Waals surface area (Å²) < 4.78 is 1.63. The van der Waals surface area contributed by atoms with Crippen molar-refractivity contribution in [1.82, 2.24) is 19.7 Å². The molecule has 0 aliphatic carbocycles. The zero-order valence-electron chi connectivity index (χ0n) is 15.1. The molecule has 146 valence electrons. The largest absolute Gasteiger partial charge is 0.364 e. The number of benzene rings is 1. The average molecular weight is 408 g/mol. The van der Waals surface area contributed by atoms with Crippen molar-refractivity contribution in [1.29, 1.82) is 0 Å². The Bertz CT molecular complexity index is 1270. The van der Waals surface area contributed by atoms with Gasteiger partial charge in [0.05, 0.1) is 24.0 Å². The van der Waals surface area contributed by atoms with Crippen molar-refractivity contribution in [2.45, 2.75) is 13.0 Å². The second-order valence-electron chi connectivity index (χ2n) is 6.25. The van der Waals surface area contributed by atoms with Crippen molar-refractivity contribution in [3.05, 3.63) is 64.0 Å². The second-order valence-corrected chi connectivity index (χ2v) is 7.11. The molecule has 0 atom stereocenters. The number of hydrogen-bond acceptors (Lipinski definition) is 6. The molecule has 9 nitrogen and oxygen atoms in total. The first kappa shape index (κ1) is 18.6. The molecule has 3 heterocycles. The lowest BCUT2D eigenvalue weighted by Crippen LogP contribution is -2.17. The van der Waals surface area contributed by atoms with Crippen molar-refractivity contribution >= 4 is 39.2 Å². The number of H-pyrrole nitrogens is 1. The molecule has 0 unspecified atom stereocenters. The Kier molecular flexibility index (Phi) is 4.92. The van der Waals surface area contributed by atoms with Gasteiger partial charge in [-0.05, 0) is 18.2 Å². The summed E-state index contributed by atoms with van der Waals surface area (Å²) in [5.41, 5.74) is 7.39. The normalized spacial score (nSPS) is 10.9. The number of para-hydroxylation sites is 1. The lowest BCUT2D eigenvalue weighted by Gasteiger charge is -2.08. The first-order valence-corrected chi connectivity index (χ1v) is 9.58. The molecule has 4 aromatic rings. The minimum atomic E-state index is -0.552. The van der Waals surface area contributed by atoms with Crippen molar-refractivity contribution in [2.75, 3.05) is 5.32 Å². The summed E-state index contributed by atoms with van der Waals surface area (Å²) in [6.07, 6.45) is 3.06. The van der Waals surface area contributed by atoms with Crippen LogP contribution in [0.2, 0.25) is 0 Å². The third kappa shape index (κ3) is 3.92. The maximum atomic E-state index is 12.3. The summed E-state index contributed by atoms with van der Waals surface area (Å²) in [7, 11) is 0. The molecule has 4 rings (SSSR count).